The third kappa shape index (κ3) is 3.10. The smallest absolute Gasteiger partial charge is 0.401 e. The average molecular weight is 173 g/mol. The van der Waals surface area contributed by atoms with Gasteiger partial charge in [0.05, 0.1) is 0 Å². The first-order chi connectivity index (χ1) is 5.72. The van der Waals surface area contributed by atoms with Crippen LogP contribution in [0.2, 0.25) is 0 Å². The summed E-state index contributed by atoms with van der Waals surface area (Å²) < 4.78 is 9.66. The molecule has 1 saturated heterocycles. The molecule has 1 fully saturated rings. The molecule has 1 aliphatic heterocycles. The van der Waals surface area contributed by atoms with E-state index in [1.165, 1.54) is 13.5 Å². The van der Waals surface area contributed by atoms with Gasteiger partial charge in [0.2, 0.25) is 0 Å². The zero-order valence-electron chi connectivity index (χ0n) is 7.69. The van der Waals surface area contributed by atoms with Crippen LogP contribution in [-0.2, 0) is 9.41 Å². The monoisotopic (exact) mass is 173 g/mol. The molecule has 0 spiro atoms. The topological polar surface area (TPSA) is 41.9 Å². The Morgan fingerprint density at radius 2 is 2.33 bits per heavy atom. The van der Waals surface area contributed by atoms with Crippen LogP contribution in [0.3, 0.4) is 0 Å². The van der Waals surface area contributed by atoms with E-state index in [-0.39, 0.29) is 0 Å². The molecule has 0 bridgehead atoms. The van der Waals surface area contributed by atoms with Gasteiger partial charge in [-0.15, -0.1) is 0 Å². The van der Waals surface area contributed by atoms with Crippen molar-refractivity contribution in [1.29, 1.82) is 0 Å². The zero-order valence-corrected chi connectivity index (χ0v) is 7.69. The van der Waals surface area contributed by atoms with E-state index in [1.54, 1.807) is 5.06 Å². The van der Waals surface area contributed by atoms with Gasteiger partial charge in [0.1, 0.15) is 0 Å². The highest BCUT2D eigenvalue weighted by molar-refractivity contribution is 6.34. The van der Waals surface area contributed by atoms with Gasteiger partial charge in [-0.05, 0) is 18.8 Å². The van der Waals surface area contributed by atoms with Gasteiger partial charge in [-0.25, -0.2) is 5.06 Å². The van der Waals surface area contributed by atoms with Crippen molar-refractivity contribution in [3.8, 4) is 0 Å². The maximum absolute atomic E-state index is 9.01. The molecular weight excluding hydrogens is 157 g/mol. The van der Waals surface area contributed by atoms with E-state index in [1.807, 2.05) is 0 Å². The lowest BCUT2D eigenvalue weighted by Crippen LogP contribution is -2.40. The first-order valence-corrected chi connectivity index (χ1v) is 4.35. The molecule has 1 atom stereocenters. The van der Waals surface area contributed by atoms with Crippen molar-refractivity contribution < 1.29 is 14.4 Å². The quantitative estimate of drug-likeness (QED) is 0.622. The Labute approximate surface area is 73.6 Å². The Bertz CT molecular complexity index is 136. The third-order valence-corrected chi connectivity index (χ3v) is 2.06. The van der Waals surface area contributed by atoms with Crippen LogP contribution in [0.25, 0.3) is 0 Å². The highest BCUT2D eigenvalue weighted by Gasteiger charge is 2.23. The summed E-state index contributed by atoms with van der Waals surface area (Å²) in [6.45, 7) is 3.93. The van der Waals surface area contributed by atoms with Crippen LogP contribution >= 0.6 is 0 Å². The molecule has 4 nitrogen and oxygen atoms in total. The van der Waals surface area contributed by atoms with Gasteiger partial charge in [-0.1, -0.05) is 6.92 Å². The summed E-state index contributed by atoms with van der Waals surface area (Å²) in [6.07, 6.45) is 2.36. The predicted octanol–water partition coefficient (Wildman–Crippen LogP) is 0.273. The number of piperidine rings is 1. The van der Waals surface area contributed by atoms with Gasteiger partial charge in [0.25, 0.3) is 0 Å². The fourth-order valence-electron chi connectivity index (χ4n) is 1.41. The van der Waals surface area contributed by atoms with Gasteiger partial charge >= 0.3 is 7.32 Å². The molecule has 12 heavy (non-hydrogen) atoms. The van der Waals surface area contributed by atoms with Gasteiger partial charge in [-0.3, -0.25) is 4.76 Å². The minimum Gasteiger partial charge on any atom is -0.401 e. The Morgan fingerprint density at radius 1 is 1.58 bits per heavy atom. The van der Waals surface area contributed by atoms with E-state index in [0.717, 1.165) is 19.5 Å². The minimum absolute atomic E-state index is 0.641. The molecule has 70 valence electrons. The van der Waals surface area contributed by atoms with Crippen molar-refractivity contribution in [2.75, 3.05) is 20.2 Å². The molecule has 1 N–H and O–H groups in total. The van der Waals surface area contributed by atoms with E-state index in [2.05, 4.69) is 11.6 Å². The van der Waals surface area contributed by atoms with E-state index >= 15 is 0 Å². The van der Waals surface area contributed by atoms with Crippen LogP contribution in [0.1, 0.15) is 19.8 Å². The standard InChI is InChI=1S/C7H16BNO3/c1-7-4-3-5-9(6-7)12-8(10)11-2/h7,10H,3-6H2,1-2H3. The van der Waals surface area contributed by atoms with Crippen molar-refractivity contribution in [1.82, 2.24) is 5.06 Å². The summed E-state index contributed by atoms with van der Waals surface area (Å²) in [6, 6.07) is 0. The number of hydroxylamine groups is 2. The van der Waals surface area contributed by atoms with Crippen molar-refractivity contribution in [3.63, 3.8) is 0 Å². The van der Waals surface area contributed by atoms with Crippen molar-refractivity contribution in [2.24, 2.45) is 5.92 Å². The molecule has 0 saturated carbocycles. The van der Waals surface area contributed by atoms with Gasteiger partial charge in [0, 0.05) is 20.2 Å². The second-order valence-corrected chi connectivity index (χ2v) is 3.28. The van der Waals surface area contributed by atoms with E-state index in [4.69, 9.17) is 9.78 Å². The van der Waals surface area contributed by atoms with E-state index in [0.29, 0.717) is 5.92 Å². The third-order valence-electron chi connectivity index (χ3n) is 2.06. The minimum atomic E-state index is -1.12. The maximum Gasteiger partial charge on any atom is 0.654 e. The van der Waals surface area contributed by atoms with Crippen LogP contribution in [0.15, 0.2) is 0 Å². The van der Waals surface area contributed by atoms with Gasteiger partial charge < -0.3 is 9.68 Å². The fraction of sp³-hybridized carbons (Fsp3) is 1.00. The number of hydrogen-bond acceptors (Lipinski definition) is 4. The normalized spacial score (nSPS) is 25.8. The van der Waals surface area contributed by atoms with Crippen molar-refractivity contribution >= 4 is 7.32 Å². The number of hydrogen-bond donors (Lipinski definition) is 1. The summed E-state index contributed by atoms with van der Waals surface area (Å²) in [5.41, 5.74) is 0. The SMILES string of the molecule is COB(O)ON1CCCC(C)C1. The average Bonchev–Trinajstić information content (AvgIpc) is 2.04. The Hall–Kier alpha value is -0.0951. The van der Waals surface area contributed by atoms with Crippen LogP contribution in [0.5, 0.6) is 0 Å². The zero-order chi connectivity index (χ0) is 8.97. The van der Waals surface area contributed by atoms with Crippen LogP contribution in [0.4, 0.5) is 0 Å². The molecule has 0 aliphatic carbocycles. The molecule has 1 aliphatic rings. The molecule has 0 radical (unpaired) electrons. The second kappa shape index (κ2) is 4.82. The van der Waals surface area contributed by atoms with Crippen LogP contribution in [-0.4, -0.2) is 37.6 Å². The summed E-state index contributed by atoms with van der Waals surface area (Å²) in [5.74, 6) is 0.641. The lowest BCUT2D eigenvalue weighted by molar-refractivity contribution is -0.120. The van der Waals surface area contributed by atoms with E-state index in [9.17, 15) is 0 Å². The molecule has 1 heterocycles. The van der Waals surface area contributed by atoms with Gasteiger partial charge in [0.15, 0.2) is 0 Å². The number of nitrogens with zero attached hydrogens (tertiary/aromatic N) is 1. The fourth-order valence-corrected chi connectivity index (χ4v) is 1.41. The first-order valence-electron chi connectivity index (χ1n) is 4.35. The summed E-state index contributed by atoms with van der Waals surface area (Å²) in [4.78, 5) is 0. The largest absolute Gasteiger partial charge is 0.654 e. The first kappa shape index (κ1) is 9.99. The van der Waals surface area contributed by atoms with Crippen LogP contribution < -0.4 is 0 Å². The lowest BCUT2D eigenvalue weighted by atomic mass is 10.0. The highest BCUT2D eigenvalue weighted by atomic mass is 16.8. The highest BCUT2D eigenvalue weighted by Crippen LogP contribution is 2.15. The predicted molar refractivity (Wildman–Crippen MR) is 46.0 cm³/mol. The Morgan fingerprint density at radius 3 is 2.92 bits per heavy atom. The summed E-state index contributed by atoms with van der Waals surface area (Å²) >= 11 is 0. The molecule has 5 heteroatoms. The van der Waals surface area contributed by atoms with Crippen molar-refractivity contribution in [3.05, 3.63) is 0 Å². The Balaban J connectivity index is 2.22. The van der Waals surface area contributed by atoms with E-state index < -0.39 is 7.32 Å². The molecule has 0 aromatic rings. The molecule has 1 rings (SSSR count). The van der Waals surface area contributed by atoms with Crippen molar-refractivity contribution in [2.45, 2.75) is 19.8 Å². The van der Waals surface area contributed by atoms with Gasteiger partial charge in [-0.2, -0.15) is 0 Å². The molecule has 0 aromatic heterocycles. The molecule has 0 aromatic carbocycles. The summed E-state index contributed by atoms with van der Waals surface area (Å²) in [5, 5.41) is 10.8. The summed E-state index contributed by atoms with van der Waals surface area (Å²) in [7, 11) is 0.299. The molecule has 0 amide bonds. The Kier molecular flexibility index (Phi) is 4.01. The molecule has 1 unspecified atom stereocenters. The number of rotatable bonds is 3. The molecular formula is C7H16BNO3. The lowest BCUT2D eigenvalue weighted by Gasteiger charge is -2.30. The maximum atomic E-state index is 9.01. The second-order valence-electron chi connectivity index (χ2n) is 3.28. The van der Waals surface area contributed by atoms with Crippen LogP contribution in [0, 0.1) is 5.92 Å².